The Morgan fingerprint density at radius 1 is 0.951 bits per heavy atom. The summed E-state index contributed by atoms with van der Waals surface area (Å²) in [7, 11) is 0. The summed E-state index contributed by atoms with van der Waals surface area (Å²) in [5, 5.41) is 12.4. The maximum absolute atomic E-state index is 14.0. The van der Waals surface area contributed by atoms with Gasteiger partial charge in [-0.25, -0.2) is 23.9 Å². The van der Waals surface area contributed by atoms with Crippen molar-refractivity contribution in [3.05, 3.63) is 73.5 Å². The van der Waals surface area contributed by atoms with Gasteiger partial charge in [-0.3, -0.25) is 4.68 Å². The number of rotatable bonds is 7. The number of fused-ring (bicyclic) bond motifs is 1. The van der Waals surface area contributed by atoms with E-state index in [-0.39, 0.29) is 11.9 Å². The van der Waals surface area contributed by atoms with Crippen LogP contribution in [0, 0.1) is 5.82 Å². The van der Waals surface area contributed by atoms with Crippen LogP contribution in [0.2, 0.25) is 0 Å². The monoisotopic (exact) mass is 572 g/mol. The van der Waals surface area contributed by atoms with E-state index in [1.54, 1.807) is 30.9 Å². The Balaban J connectivity index is 1.01. The zero-order chi connectivity index (χ0) is 27.6. The molecule has 1 N–H and O–H groups in total. The second kappa shape index (κ2) is 11.4. The highest BCUT2D eigenvalue weighted by atomic mass is 32.2. The highest BCUT2D eigenvalue weighted by molar-refractivity contribution is 7.99. The van der Waals surface area contributed by atoms with Gasteiger partial charge in [-0.15, -0.1) is 0 Å². The smallest absolute Gasteiger partial charge is 0.225 e. The van der Waals surface area contributed by atoms with E-state index in [2.05, 4.69) is 52.5 Å². The van der Waals surface area contributed by atoms with Crippen LogP contribution in [-0.4, -0.2) is 86.3 Å². The number of ether oxygens (including phenoxy) is 1. The molecule has 0 bridgehead atoms. The summed E-state index contributed by atoms with van der Waals surface area (Å²) in [5.74, 6) is 1.33. The summed E-state index contributed by atoms with van der Waals surface area (Å²) in [5.41, 5.74) is 3.03. The van der Waals surface area contributed by atoms with Crippen molar-refractivity contribution >= 4 is 29.0 Å². The van der Waals surface area contributed by atoms with Gasteiger partial charge < -0.3 is 19.9 Å². The number of anilines is 2. The molecule has 0 saturated carbocycles. The Morgan fingerprint density at radius 2 is 1.78 bits per heavy atom. The maximum atomic E-state index is 14.0. The van der Waals surface area contributed by atoms with Crippen molar-refractivity contribution in [1.82, 2.24) is 39.7 Å². The molecule has 210 valence electrons. The molecule has 0 aliphatic carbocycles. The average Bonchev–Trinajstić information content (AvgIpc) is 3.67. The molecule has 4 aromatic heterocycles. The molecule has 2 aliphatic rings. The number of benzene rings is 1. The minimum Gasteiger partial charge on any atom is -0.374 e. The maximum Gasteiger partial charge on any atom is 0.225 e. The lowest BCUT2D eigenvalue weighted by molar-refractivity contribution is 0.0161. The lowest BCUT2D eigenvalue weighted by atomic mass is 10.2. The van der Waals surface area contributed by atoms with Crippen LogP contribution in [0.15, 0.2) is 77.4 Å². The zero-order valence-corrected chi connectivity index (χ0v) is 23.1. The summed E-state index contributed by atoms with van der Waals surface area (Å²) in [4.78, 5) is 19.5. The summed E-state index contributed by atoms with van der Waals surface area (Å²) in [6.07, 6.45) is 11.2. The first-order chi connectivity index (χ1) is 20.2. The van der Waals surface area contributed by atoms with Crippen molar-refractivity contribution < 1.29 is 9.13 Å². The number of morpholine rings is 1. The largest absolute Gasteiger partial charge is 0.374 e. The third-order valence-electron chi connectivity index (χ3n) is 7.29. The van der Waals surface area contributed by atoms with E-state index in [1.807, 2.05) is 27.7 Å². The molecule has 6 heterocycles. The minimum atomic E-state index is -0.246. The Bertz CT molecular complexity index is 1630. The van der Waals surface area contributed by atoms with Crippen LogP contribution in [0.4, 0.5) is 16.2 Å². The van der Waals surface area contributed by atoms with Gasteiger partial charge in [0.15, 0.2) is 5.82 Å². The van der Waals surface area contributed by atoms with Crippen molar-refractivity contribution in [3.63, 3.8) is 0 Å². The summed E-state index contributed by atoms with van der Waals surface area (Å²) < 4.78 is 23.6. The van der Waals surface area contributed by atoms with E-state index in [4.69, 9.17) is 4.74 Å². The van der Waals surface area contributed by atoms with Crippen molar-refractivity contribution in [3.8, 4) is 11.1 Å². The topological polar surface area (TPSA) is 102 Å². The van der Waals surface area contributed by atoms with Crippen molar-refractivity contribution in [2.24, 2.45) is 0 Å². The van der Waals surface area contributed by atoms with Gasteiger partial charge in [-0.2, -0.15) is 10.2 Å². The SMILES string of the molecule is Fc1ccccc1Sc1cnc(N2CCN(c3ncnn4cc(-c5cnn(CC6CNCCO6)c5)cc34)CC2)nc1. The first kappa shape index (κ1) is 25.9. The lowest BCUT2D eigenvalue weighted by Crippen LogP contribution is -2.47. The Kier molecular flexibility index (Phi) is 7.21. The zero-order valence-electron chi connectivity index (χ0n) is 22.3. The Labute approximate surface area is 240 Å². The Hall–Kier alpha value is -4.07. The minimum absolute atomic E-state index is 0.127. The van der Waals surface area contributed by atoms with Gasteiger partial charge in [0.1, 0.15) is 17.7 Å². The highest BCUT2D eigenvalue weighted by Gasteiger charge is 2.23. The standard InChI is InChI=1S/C28H29FN10OS/c29-24-3-1-2-4-26(24)41-23-14-31-28(32-15-23)37-8-6-36(7-9-37)27-25-11-20(17-39(25)35-19-33-27)21-12-34-38(16-21)18-22-13-30-5-10-40-22/h1-4,11-12,14-17,19,22,30H,5-10,13,18H2. The van der Waals surface area contributed by atoms with E-state index < -0.39 is 0 Å². The van der Waals surface area contributed by atoms with Gasteiger partial charge in [-0.1, -0.05) is 23.9 Å². The first-order valence-corrected chi connectivity index (χ1v) is 14.4. The van der Waals surface area contributed by atoms with Crippen LogP contribution >= 0.6 is 11.8 Å². The summed E-state index contributed by atoms with van der Waals surface area (Å²) in [6, 6.07) is 8.83. The number of aromatic nitrogens is 7. The molecule has 1 atom stereocenters. The highest BCUT2D eigenvalue weighted by Crippen LogP contribution is 2.30. The molecule has 0 amide bonds. The van der Waals surface area contributed by atoms with E-state index in [0.29, 0.717) is 17.4 Å². The van der Waals surface area contributed by atoms with Crippen LogP contribution in [0.5, 0.6) is 0 Å². The number of piperazine rings is 1. The van der Waals surface area contributed by atoms with Gasteiger partial charge in [0.2, 0.25) is 5.95 Å². The molecule has 1 unspecified atom stereocenters. The van der Waals surface area contributed by atoms with Crippen LogP contribution in [0.1, 0.15) is 0 Å². The molecular formula is C28H29FN10OS. The number of hydrogen-bond acceptors (Lipinski definition) is 10. The molecule has 1 aromatic carbocycles. The second-order valence-electron chi connectivity index (χ2n) is 10.0. The summed E-state index contributed by atoms with van der Waals surface area (Å²) >= 11 is 1.32. The summed E-state index contributed by atoms with van der Waals surface area (Å²) in [6.45, 7) is 6.24. The molecule has 0 radical (unpaired) electrons. The van der Waals surface area contributed by atoms with Crippen LogP contribution in [-0.2, 0) is 11.3 Å². The first-order valence-electron chi connectivity index (χ1n) is 13.6. The van der Waals surface area contributed by atoms with Crippen molar-refractivity contribution in [1.29, 1.82) is 0 Å². The molecule has 41 heavy (non-hydrogen) atoms. The fourth-order valence-corrected chi connectivity index (χ4v) is 5.95. The van der Waals surface area contributed by atoms with Gasteiger partial charge in [0, 0.05) is 85.0 Å². The molecule has 2 aliphatic heterocycles. The quantitative estimate of drug-likeness (QED) is 0.313. The average molecular weight is 573 g/mol. The van der Waals surface area contributed by atoms with Crippen LogP contribution < -0.4 is 15.1 Å². The third kappa shape index (κ3) is 5.60. The molecule has 11 nitrogen and oxygen atoms in total. The van der Waals surface area contributed by atoms with Crippen LogP contribution in [0.3, 0.4) is 0 Å². The van der Waals surface area contributed by atoms with E-state index in [9.17, 15) is 4.39 Å². The van der Waals surface area contributed by atoms with Gasteiger partial charge >= 0.3 is 0 Å². The number of nitrogens with one attached hydrogen (secondary N) is 1. The predicted octanol–water partition coefficient (Wildman–Crippen LogP) is 2.99. The number of halogens is 1. The third-order valence-corrected chi connectivity index (χ3v) is 8.29. The number of hydrogen-bond donors (Lipinski definition) is 1. The van der Waals surface area contributed by atoms with Crippen molar-refractivity contribution in [2.45, 2.75) is 22.4 Å². The van der Waals surface area contributed by atoms with Crippen LogP contribution in [0.25, 0.3) is 16.6 Å². The molecule has 0 spiro atoms. The van der Waals surface area contributed by atoms with E-state index in [0.717, 1.165) is 73.2 Å². The predicted molar refractivity (Wildman–Crippen MR) is 154 cm³/mol. The number of nitrogens with zero attached hydrogens (tertiary/aromatic N) is 9. The normalized spacial score (nSPS) is 17.8. The van der Waals surface area contributed by atoms with Gasteiger partial charge in [-0.05, 0) is 18.2 Å². The molecule has 7 rings (SSSR count). The lowest BCUT2D eigenvalue weighted by Gasteiger charge is -2.35. The van der Waals surface area contributed by atoms with E-state index >= 15 is 0 Å². The fraction of sp³-hybridized carbons (Fsp3) is 0.321. The van der Waals surface area contributed by atoms with Crippen molar-refractivity contribution in [2.75, 3.05) is 55.7 Å². The van der Waals surface area contributed by atoms with E-state index in [1.165, 1.54) is 17.8 Å². The Morgan fingerprint density at radius 3 is 2.59 bits per heavy atom. The molecule has 13 heteroatoms. The van der Waals surface area contributed by atoms with Gasteiger partial charge in [0.05, 0.1) is 25.5 Å². The molecule has 2 saturated heterocycles. The second-order valence-corrected chi connectivity index (χ2v) is 11.1. The van der Waals surface area contributed by atoms with Gasteiger partial charge in [0.25, 0.3) is 0 Å². The molecule has 5 aromatic rings. The fourth-order valence-electron chi connectivity index (χ4n) is 5.17. The molecular weight excluding hydrogens is 543 g/mol. The molecule has 2 fully saturated rings.